The number of carbonyl (C=O) groups is 1. The van der Waals surface area contributed by atoms with Gasteiger partial charge in [0.25, 0.3) is 5.91 Å². The van der Waals surface area contributed by atoms with E-state index in [1.165, 1.54) is 0 Å². The predicted molar refractivity (Wildman–Crippen MR) is 97.4 cm³/mol. The summed E-state index contributed by atoms with van der Waals surface area (Å²) in [4.78, 5) is 13.9. The van der Waals surface area contributed by atoms with Crippen LogP contribution in [0.2, 0.25) is 0 Å². The van der Waals surface area contributed by atoms with Gasteiger partial charge in [-0.1, -0.05) is 6.07 Å². The number of likely N-dealkylation sites (N-methyl/N-ethyl adjacent to an activating group) is 1. The van der Waals surface area contributed by atoms with Crippen LogP contribution in [0.1, 0.15) is 16.7 Å². The number of nitriles is 1. The monoisotopic (exact) mass is 354 g/mol. The van der Waals surface area contributed by atoms with Gasteiger partial charge < -0.3 is 19.1 Å². The summed E-state index contributed by atoms with van der Waals surface area (Å²) in [6, 6.07) is 12.5. The Kier molecular flexibility index (Phi) is 6.45. The topological polar surface area (TPSA) is 71.8 Å². The Morgan fingerprint density at radius 3 is 2.50 bits per heavy atom. The lowest BCUT2D eigenvalue weighted by molar-refractivity contribution is -0.132. The molecule has 0 N–H and O–H groups in total. The van der Waals surface area contributed by atoms with E-state index >= 15 is 0 Å². The van der Waals surface area contributed by atoms with Crippen LogP contribution in [0.5, 0.6) is 17.2 Å². The van der Waals surface area contributed by atoms with Crippen molar-refractivity contribution in [2.75, 3.05) is 27.9 Å². The number of benzene rings is 2. The average molecular weight is 354 g/mol. The molecule has 0 aliphatic carbocycles. The van der Waals surface area contributed by atoms with E-state index in [-0.39, 0.29) is 12.5 Å². The summed E-state index contributed by atoms with van der Waals surface area (Å²) < 4.78 is 16.1. The fraction of sp³-hybridized carbons (Fsp3) is 0.300. The van der Waals surface area contributed by atoms with Crippen LogP contribution in [0.4, 0.5) is 0 Å². The molecule has 136 valence electrons. The zero-order valence-corrected chi connectivity index (χ0v) is 15.4. The Labute approximate surface area is 153 Å². The maximum absolute atomic E-state index is 12.3. The van der Waals surface area contributed by atoms with E-state index in [0.717, 1.165) is 11.1 Å². The number of carbonyl (C=O) groups excluding carboxylic acids is 1. The lowest BCUT2D eigenvalue weighted by Crippen LogP contribution is -2.31. The molecule has 26 heavy (non-hydrogen) atoms. The standard InChI is InChI=1S/C20H22N2O4/c1-14-8-18(24-3)19(25-4)10-16(14)12-22(2)20(23)13-26-17-7-5-6-15(9-17)11-21/h5-10H,12-13H2,1-4H3. The van der Waals surface area contributed by atoms with Crippen LogP contribution in [0.3, 0.4) is 0 Å². The first-order valence-corrected chi connectivity index (χ1v) is 8.07. The van der Waals surface area contributed by atoms with E-state index in [4.69, 9.17) is 19.5 Å². The van der Waals surface area contributed by atoms with Gasteiger partial charge in [-0.25, -0.2) is 0 Å². The van der Waals surface area contributed by atoms with Gasteiger partial charge >= 0.3 is 0 Å². The summed E-state index contributed by atoms with van der Waals surface area (Å²) in [5, 5.41) is 8.90. The molecule has 0 bridgehead atoms. The molecular formula is C20H22N2O4. The maximum Gasteiger partial charge on any atom is 0.260 e. The van der Waals surface area contributed by atoms with Crippen molar-refractivity contribution in [3.8, 4) is 23.3 Å². The Morgan fingerprint density at radius 2 is 1.85 bits per heavy atom. The van der Waals surface area contributed by atoms with Crippen molar-refractivity contribution < 1.29 is 19.0 Å². The molecule has 6 nitrogen and oxygen atoms in total. The van der Waals surface area contributed by atoms with Crippen molar-refractivity contribution in [1.82, 2.24) is 4.90 Å². The van der Waals surface area contributed by atoms with Crippen LogP contribution < -0.4 is 14.2 Å². The first-order valence-electron chi connectivity index (χ1n) is 8.07. The highest BCUT2D eigenvalue weighted by Crippen LogP contribution is 2.30. The summed E-state index contributed by atoms with van der Waals surface area (Å²) in [5.74, 6) is 1.61. The van der Waals surface area contributed by atoms with Gasteiger partial charge in [-0.15, -0.1) is 0 Å². The van der Waals surface area contributed by atoms with Gasteiger partial charge in [0.15, 0.2) is 18.1 Å². The molecule has 2 rings (SSSR count). The molecule has 0 unspecified atom stereocenters. The number of methoxy groups -OCH3 is 2. The first-order chi connectivity index (χ1) is 12.5. The number of nitrogens with zero attached hydrogens (tertiary/aromatic N) is 2. The predicted octanol–water partition coefficient (Wildman–Crippen LogP) is 2.92. The third-order valence-corrected chi connectivity index (χ3v) is 4.00. The normalized spacial score (nSPS) is 9.96. The molecule has 0 radical (unpaired) electrons. The minimum atomic E-state index is -0.165. The fourth-order valence-electron chi connectivity index (χ4n) is 2.45. The van der Waals surface area contributed by atoms with E-state index in [2.05, 4.69) is 0 Å². The Balaban J connectivity index is 2.01. The van der Waals surface area contributed by atoms with Gasteiger partial charge in [0, 0.05) is 13.6 Å². The van der Waals surface area contributed by atoms with Crippen molar-refractivity contribution in [2.45, 2.75) is 13.5 Å². The molecular weight excluding hydrogens is 332 g/mol. The van der Waals surface area contributed by atoms with E-state index < -0.39 is 0 Å². The highest BCUT2D eigenvalue weighted by molar-refractivity contribution is 5.77. The van der Waals surface area contributed by atoms with E-state index in [0.29, 0.717) is 29.4 Å². The molecule has 0 heterocycles. The lowest BCUT2D eigenvalue weighted by atomic mass is 10.1. The van der Waals surface area contributed by atoms with Crippen molar-refractivity contribution in [2.24, 2.45) is 0 Å². The summed E-state index contributed by atoms with van der Waals surface area (Å²) in [5.41, 5.74) is 2.46. The van der Waals surface area contributed by atoms with E-state index in [1.54, 1.807) is 50.4 Å². The second kappa shape index (κ2) is 8.77. The lowest BCUT2D eigenvalue weighted by Gasteiger charge is -2.20. The summed E-state index contributed by atoms with van der Waals surface area (Å²) >= 11 is 0. The van der Waals surface area contributed by atoms with Gasteiger partial charge in [0.1, 0.15) is 5.75 Å². The number of amides is 1. The summed E-state index contributed by atoms with van der Waals surface area (Å²) in [6.07, 6.45) is 0. The van der Waals surface area contributed by atoms with Crippen molar-refractivity contribution >= 4 is 5.91 Å². The smallest absolute Gasteiger partial charge is 0.260 e. The van der Waals surface area contributed by atoms with E-state index in [9.17, 15) is 4.79 Å². The average Bonchev–Trinajstić information content (AvgIpc) is 2.67. The van der Waals surface area contributed by atoms with Crippen LogP contribution in [-0.4, -0.2) is 38.7 Å². The van der Waals surface area contributed by atoms with Gasteiger partial charge in [0.2, 0.25) is 0 Å². The number of hydrogen-bond acceptors (Lipinski definition) is 5. The van der Waals surface area contributed by atoms with Crippen molar-refractivity contribution in [3.63, 3.8) is 0 Å². The fourth-order valence-corrected chi connectivity index (χ4v) is 2.45. The molecule has 0 saturated heterocycles. The Morgan fingerprint density at radius 1 is 1.15 bits per heavy atom. The summed E-state index contributed by atoms with van der Waals surface area (Å²) in [6.45, 7) is 2.28. The van der Waals surface area contributed by atoms with Crippen molar-refractivity contribution in [1.29, 1.82) is 5.26 Å². The molecule has 2 aromatic rings. The number of rotatable bonds is 7. The molecule has 1 amide bonds. The van der Waals surface area contributed by atoms with Gasteiger partial charge in [-0.3, -0.25) is 4.79 Å². The van der Waals surface area contributed by atoms with Crippen LogP contribution >= 0.6 is 0 Å². The quantitative estimate of drug-likeness (QED) is 0.764. The summed E-state index contributed by atoms with van der Waals surface area (Å²) in [7, 11) is 4.88. The number of aryl methyl sites for hydroxylation is 1. The second-order valence-corrected chi connectivity index (χ2v) is 5.81. The van der Waals surface area contributed by atoms with Crippen LogP contribution in [0, 0.1) is 18.3 Å². The molecule has 0 fully saturated rings. The van der Waals surface area contributed by atoms with Gasteiger partial charge in [0.05, 0.1) is 25.9 Å². The minimum Gasteiger partial charge on any atom is -0.493 e. The Bertz CT molecular complexity index is 827. The molecule has 0 aliphatic rings. The Hall–Kier alpha value is -3.20. The molecule has 0 spiro atoms. The molecule has 0 saturated carbocycles. The zero-order valence-electron chi connectivity index (χ0n) is 15.4. The van der Waals surface area contributed by atoms with E-state index in [1.807, 2.05) is 25.1 Å². The van der Waals surface area contributed by atoms with Gasteiger partial charge in [-0.2, -0.15) is 5.26 Å². The third kappa shape index (κ3) is 4.67. The highest BCUT2D eigenvalue weighted by Gasteiger charge is 2.14. The number of hydrogen-bond donors (Lipinski definition) is 0. The largest absolute Gasteiger partial charge is 0.493 e. The third-order valence-electron chi connectivity index (χ3n) is 4.00. The highest BCUT2D eigenvalue weighted by atomic mass is 16.5. The SMILES string of the molecule is COc1cc(C)c(CN(C)C(=O)COc2cccc(C#N)c2)cc1OC. The maximum atomic E-state index is 12.3. The van der Waals surface area contributed by atoms with Gasteiger partial charge in [-0.05, 0) is 48.4 Å². The van der Waals surface area contributed by atoms with Crippen LogP contribution in [-0.2, 0) is 11.3 Å². The molecule has 0 aliphatic heterocycles. The second-order valence-electron chi connectivity index (χ2n) is 5.81. The molecule has 6 heteroatoms. The molecule has 0 atom stereocenters. The first kappa shape index (κ1) is 19.1. The van der Waals surface area contributed by atoms with Crippen LogP contribution in [0.25, 0.3) is 0 Å². The molecule has 0 aromatic heterocycles. The number of ether oxygens (including phenoxy) is 3. The minimum absolute atomic E-state index is 0.0995. The van der Waals surface area contributed by atoms with Crippen molar-refractivity contribution in [3.05, 3.63) is 53.1 Å². The zero-order chi connectivity index (χ0) is 19.1. The van der Waals surface area contributed by atoms with Crippen LogP contribution in [0.15, 0.2) is 36.4 Å². The molecule has 2 aromatic carbocycles.